The van der Waals surface area contributed by atoms with Crippen molar-refractivity contribution in [2.24, 2.45) is 0 Å². The maximum Gasteiger partial charge on any atom is 0.333 e. The molecule has 1 aliphatic heterocycles. The van der Waals surface area contributed by atoms with Crippen LogP contribution < -0.4 is 4.74 Å². The van der Waals surface area contributed by atoms with Gasteiger partial charge in [-0.05, 0) is 17.7 Å². The Morgan fingerprint density at radius 2 is 2.23 bits per heavy atom. The van der Waals surface area contributed by atoms with E-state index < -0.39 is 24.5 Å². The van der Waals surface area contributed by atoms with E-state index in [4.69, 9.17) is 19.3 Å². The van der Waals surface area contributed by atoms with Crippen molar-refractivity contribution in [3.05, 3.63) is 29.3 Å². The molecule has 0 spiro atoms. The second-order valence-electron chi connectivity index (χ2n) is 5.06. The Labute approximate surface area is 127 Å². The molecule has 1 saturated heterocycles. The highest BCUT2D eigenvalue weighted by Crippen LogP contribution is 2.26. The van der Waals surface area contributed by atoms with Crippen molar-refractivity contribution >= 4 is 12.3 Å². The minimum absolute atomic E-state index is 0.0164. The van der Waals surface area contributed by atoms with Gasteiger partial charge in [-0.3, -0.25) is 4.79 Å². The Kier molecular flexibility index (Phi) is 5.48. The molecular formula is C15H18O7. The standard InChI is InChI=1S/C15H18O7/c1-20-8-9-2-3-12(10(4-9)7-16)21-14-6-11(17)5-13(22-14)15(18)19/h2-4,7,11,13-14,17H,5-6,8H2,1H3,(H,18,19). The van der Waals surface area contributed by atoms with E-state index in [9.17, 15) is 14.7 Å². The van der Waals surface area contributed by atoms with Gasteiger partial charge in [-0.1, -0.05) is 6.07 Å². The smallest absolute Gasteiger partial charge is 0.333 e. The highest BCUT2D eigenvalue weighted by Gasteiger charge is 2.34. The lowest BCUT2D eigenvalue weighted by Gasteiger charge is -2.31. The summed E-state index contributed by atoms with van der Waals surface area (Å²) in [5.41, 5.74) is 1.12. The van der Waals surface area contributed by atoms with Crippen molar-refractivity contribution in [2.75, 3.05) is 7.11 Å². The molecule has 0 saturated carbocycles. The summed E-state index contributed by atoms with van der Waals surface area (Å²) in [6.07, 6.45) is -2.07. The molecule has 1 aromatic carbocycles. The van der Waals surface area contributed by atoms with Crippen LogP contribution in [0.15, 0.2) is 18.2 Å². The minimum Gasteiger partial charge on any atom is -0.479 e. The van der Waals surface area contributed by atoms with Crippen LogP contribution in [0, 0.1) is 0 Å². The maximum atomic E-state index is 11.2. The maximum absolute atomic E-state index is 11.2. The summed E-state index contributed by atoms with van der Waals surface area (Å²) in [6, 6.07) is 4.96. The Bertz CT molecular complexity index is 543. The topological polar surface area (TPSA) is 102 Å². The van der Waals surface area contributed by atoms with Crippen LogP contribution in [-0.4, -0.2) is 48.1 Å². The molecule has 1 fully saturated rings. The van der Waals surface area contributed by atoms with E-state index in [0.717, 1.165) is 5.56 Å². The third kappa shape index (κ3) is 4.03. The van der Waals surface area contributed by atoms with Crippen molar-refractivity contribution < 1.29 is 34.0 Å². The van der Waals surface area contributed by atoms with Crippen LogP contribution in [0.3, 0.4) is 0 Å². The molecule has 1 aromatic rings. The van der Waals surface area contributed by atoms with E-state index in [1.807, 2.05) is 0 Å². The first-order valence-corrected chi connectivity index (χ1v) is 6.83. The number of aliphatic hydroxyl groups is 1. The number of aldehydes is 1. The predicted molar refractivity (Wildman–Crippen MR) is 74.7 cm³/mol. The van der Waals surface area contributed by atoms with Gasteiger partial charge in [0.1, 0.15) is 5.75 Å². The summed E-state index contributed by atoms with van der Waals surface area (Å²) in [7, 11) is 1.55. The molecule has 7 nitrogen and oxygen atoms in total. The fourth-order valence-electron chi connectivity index (χ4n) is 2.29. The molecule has 0 aromatic heterocycles. The zero-order valence-electron chi connectivity index (χ0n) is 12.1. The Morgan fingerprint density at radius 3 is 2.86 bits per heavy atom. The molecule has 7 heteroatoms. The van der Waals surface area contributed by atoms with Gasteiger partial charge in [-0.2, -0.15) is 0 Å². The molecule has 2 N–H and O–H groups in total. The van der Waals surface area contributed by atoms with E-state index in [2.05, 4.69) is 0 Å². The Hall–Kier alpha value is -1.96. The molecule has 3 atom stereocenters. The van der Waals surface area contributed by atoms with E-state index >= 15 is 0 Å². The summed E-state index contributed by atoms with van der Waals surface area (Å²) in [5, 5.41) is 18.7. The van der Waals surface area contributed by atoms with Gasteiger partial charge in [0, 0.05) is 20.0 Å². The van der Waals surface area contributed by atoms with Gasteiger partial charge in [0.15, 0.2) is 12.4 Å². The number of aliphatic carboxylic acids is 1. The molecule has 3 unspecified atom stereocenters. The van der Waals surface area contributed by atoms with Crippen LogP contribution in [-0.2, 0) is 20.9 Å². The van der Waals surface area contributed by atoms with Crippen molar-refractivity contribution in [3.8, 4) is 5.75 Å². The largest absolute Gasteiger partial charge is 0.479 e. The third-order valence-corrected chi connectivity index (χ3v) is 3.31. The van der Waals surface area contributed by atoms with E-state index in [-0.39, 0.29) is 18.6 Å². The Morgan fingerprint density at radius 1 is 1.45 bits per heavy atom. The normalized spacial score (nSPS) is 24.7. The third-order valence-electron chi connectivity index (χ3n) is 3.31. The van der Waals surface area contributed by atoms with Crippen LogP contribution in [0.1, 0.15) is 28.8 Å². The molecule has 0 aliphatic carbocycles. The number of aliphatic hydroxyl groups excluding tert-OH is 1. The fourth-order valence-corrected chi connectivity index (χ4v) is 2.29. The van der Waals surface area contributed by atoms with E-state index in [1.54, 1.807) is 25.3 Å². The average Bonchev–Trinajstić information content (AvgIpc) is 2.48. The van der Waals surface area contributed by atoms with E-state index in [1.165, 1.54) is 0 Å². The molecule has 22 heavy (non-hydrogen) atoms. The number of rotatable bonds is 6. The van der Waals surface area contributed by atoms with Crippen LogP contribution in [0.4, 0.5) is 0 Å². The summed E-state index contributed by atoms with van der Waals surface area (Å²) < 4.78 is 15.8. The number of carbonyl (C=O) groups is 2. The molecular weight excluding hydrogens is 292 g/mol. The second-order valence-corrected chi connectivity index (χ2v) is 5.06. The summed E-state index contributed by atoms with van der Waals surface area (Å²) >= 11 is 0. The number of ether oxygens (including phenoxy) is 3. The number of hydrogen-bond donors (Lipinski definition) is 2. The quantitative estimate of drug-likeness (QED) is 0.755. The molecule has 0 amide bonds. The van der Waals surface area contributed by atoms with Gasteiger partial charge >= 0.3 is 5.97 Å². The van der Waals surface area contributed by atoms with Crippen LogP contribution in [0.2, 0.25) is 0 Å². The lowest BCUT2D eigenvalue weighted by molar-refractivity contribution is -0.195. The number of carbonyl (C=O) groups excluding carboxylic acids is 1. The van der Waals surface area contributed by atoms with Crippen LogP contribution >= 0.6 is 0 Å². The highest BCUT2D eigenvalue weighted by atomic mass is 16.7. The molecule has 120 valence electrons. The number of carboxylic acids is 1. The van der Waals surface area contributed by atoms with Gasteiger partial charge in [0.25, 0.3) is 0 Å². The average molecular weight is 310 g/mol. The lowest BCUT2D eigenvalue weighted by atomic mass is 10.1. The number of methoxy groups -OCH3 is 1. The fraction of sp³-hybridized carbons (Fsp3) is 0.467. The van der Waals surface area contributed by atoms with E-state index in [0.29, 0.717) is 18.5 Å². The number of carboxylic acid groups (broad SMARTS) is 1. The molecule has 0 radical (unpaired) electrons. The van der Waals surface area contributed by atoms with Crippen molar-refractivity contribution in [3.63, 3.8) is 0 Å². The minimum atomic E-state index is -1.15. The van der Waals surface area contributed by atoms with Gasteiger partial charge < -0.3 is 24.4 Å². The highest BCUT2D eigenvalue weighted by molar-refractivity contribution is 5.79. The first-order chi connectivity index (χ1) is 10.5. The zero-order valence-corrected chi connectivity index (χ0v) is 12.1. The first kappa shape index (κ1) is 16.4. The number of benzene rings is 1. The second kappa shape index (κ2) is 7.35. The molecule has 1 aliphatic rings. The Balaban J connectivity index is 2.12. The first-order valence-electron chi connectivity index (χ1n) is 6.83. The van der Waals surface area contributed by atoms with Crippen LogP contribution in [0.5, 0.6) is 5.75 Å². The van der Waals surface area contributed by atoms with Gasteiger partial charge in [0.2, 0.25) is 6.29 Å². The van der Waals surface area contributed by atoms with Crippen molar-refractivity contribution in [1.82, 2.24) is 0 Å². The van der Waals surface area contributed by atoms with Gasteiger partial charge in [0.05, 0.1) is 18.3 Å². The van der Waals surface area contributed by atoms with Crippen molar-refractivity contribution in [2.45, 2.75) is 37.9 Å². The van der Waals surface area contributed by atoms with Crippen LogP contribution in [0.25, 0.3) is 0 Å². The van der Waals surface area contributed by atoms with Crippen molar-refractivity contribution in [1.29, 1.82) is 0 Å². The monoisotopic (exact) mass is 310 g/mol. The molecule has 0 bridgehead atoms. The van der Waals surface area contributed by atoms with Gasteiger partial charge in [-0.25, -0.2) is 4.79 Å². The molecule has 2 rings (SSSR count). The zero-order chi connectivity index (χ0) is 16.1. The van der Waals surface area contributed by atoms with Gasteiger partial charge in [-0.15, -0.1) is 0 Å². The SMILES string of the molecule is COCc1ccc(OC2CC(O)CC(C(=O)O)O2)c(C=O)c1. The lowest BCUT2D eigenvalue weighted by Crippen LogP contribution is -2.42. The summed E-state index contributed by atoms with van der Waals surface area (Å²) in [6.45, 7) is 0.362. The predicted octanol–water partition coefficient (Wildman–Crippen LogP) is 0.975. The number of hydrogen-bond acceptors (Lipinski definition) is 6. The summed E-state index contributed by atoms with van der Waals surface area (Å²) in [4.78, 5) is 22.1. The summed E-state index contributed by atoms with van der Waals surface area (Å²) in [5.74, 6) is -0.878. The molecule has 1 heterocycles.